The van der Waals surface area contributed by atoms with Crippen molar-refractivity contribution >= 4 is 11.8 Å². The van der Waals surface area contributed by atoms with Crippen LogP contribution in [-0.2, 0) is 4.79 Å². The van der Waals surface area contributed by atoms with Gasteiger partial charge in [-0.1, -0.05) is 0 Å². The summed E-state index contributed by atoms with van der Waals surface area (Å²) in [6.07, 6.45) is 8.26. The largest absolute Gasteiger partial charge is 0.342 e. The maximum absolute atomic E-state index is 12.7. The van der Waals surface area contributed by atoms with Gasteiger partial charge >= 0.3 is 0 Å². The zero-order chi connectivity index (χ0) is 18.1. The van der Waals surface area contributed by atoms with Gasteiger partial charge in [0.2, 0.25) is 5.91 Å². The van der Waals surface area contributed by atoms with E-state index in [4.69, 9.17) is 0 Å². The lowest BCUT2D eigenvalue weighted by Crippen LogP contribution is -2.46. The van der Waals surface area contributed by atoms with Crippen LogP contribution in [-0.4, -0.2) is 57.8 Å². The molecule has 3 fully saturated rings. The zero-order valence-electron chi connectivity index (χ0n) is 15.1. The summed E-state index contributed by atoms with van der Waals surface area (Å²) in [5, 5.41) is 0. The standard InChI is InChI=1S/C19H26N4O3/c24-17-15(12-20-16(21-17)13-4-5-13)19(26)23-10-6-14(7-11-23)18(25)22-8-2-1-3-9-22/h12-14H,1-11H2,(H,20,21,24). The van der Waals surface area contributed by atoms with Crippen LogP contribution in [0.15, 0.2) is 11.0 Å². The number of nitrogens with zero attached hydrogens (tertiary/aromatic N) is 3. The van der Waals surface area contributed by atoms with Crippen molar-refractivity contribution in [2.45, 2.75) is 50.9 Å². The number of aromatic amines is 1. The van der Waals surface area contributed by atoms with Gasteiger partial charge in [0.1, 0.15) is 11.4 Å². The molecule has 0 aromatic carbocycles. The fourth-order valence-electron chi connectivity index (χ4n) is 4.00. The molecule has 0 radical (unpaired) electrons. The summed E-state index contributed by atoms with van der Waals surface area (Å²) in [6, 6.07) is 0. The molecule has 0 atom stereocenters. The number of carbonyl (C=O) groups is 2. The van der Waals surface area contributed by atoms with Gasteiger partial charge in [0.25, 0.3) is 11.5 Å². The topological polar surface area (TPSA) is 86.4 Å². The van der Waals surface area contributed by atoms with E-state index in [2.05, 4.69) is 9.97 Å². The molecule has 0 spiro atoms. The molecule has 7 heteroatoms. The molecular formula is C19H26N4O3. The minimum absolute atomic E-state index is 0.00537. The monoisotopic (exact) mass is 358 g/mol. The number of carbonyl (C=O) groups excluding carboxylic acids is 2. The minimum atomic E-state index is -0.349. The number of amides is 2. The van der Waals surface area contributed by atoms with Crippen LogP contribution in [0.3, 0.4) is 0 Å². The summed E-state index contributed by atoms with van der Waals surface area (Å²) in [7, 11) is 0. The molecule has 1 aromatic heterocycles. The summed E-state index contributed by atoms with van der Waals surface area (Å²) in [5.41, 5.74) is -0.242. The van der Waals surface area contributed by atoms with Crippen molar-refractivity contribution in [1.29, 1.82) is 0 Å². The van der Waals surface area contributed by atoms with Crippen molar-refractivity contribution in [1.82, 2.24) is 19.8 Å². The van der Waals surface area contributed by atoms with Gasteiger partial charge in [-0.05, 0) is 44.9 Å². The SMILES string of the molecule is O=C(c1cnc(C2CC2)[nH]c1=O)N1CCC(C(=O)N2CCCCC2)CC1. The van der Waals surface area contributed by atoms with Gasteiger partial charge in [-0.25, -0.2) is 4.98 Å². The Labute approximate surface area is 152 Å². The average molecular weight is 358 g/mol. The van der Waals surface area contributed by atoms with Crippen molar-refractivity contribution in [3.05, 3.63) is 27.9 Å². The molecule has 2 aliphatic heterocycles. The predicted molar refractivity (Wildman–Crippen MR) is 95.9 cm³/mol. The molecule has 1 aliphatic carbocycles. The molecule has 3 heterocycles. The maximum atomic E-state index is 12.7. The number of piperidine rings is 2. The quantitative estimate of drug-likeness (QED) is 0.887. The number of rotatable bonds is 3. The van der Waals surface area contributed by atoms with E-state index >= 15 is 0 Å². The van der Waals surface area contributed by atoms with Gasteiger partial charge < -0.3 is 14.8 Å². The molecule has 4 rings (SSSR count). The third-order valence-corrected chi connectivity index (χ3v) is 5.81. The number of aromatic nitrogens is 2. The number of H-pyrrole nitrogens is 1. The molecule has 1 saturated carbocycles. The molecular weight excluding hydrogens is 332 g/mol. The molecule has 140 valence electrons. The fraction of sp³-hybridized carbons (Fsp3) is 0.684. The molecule has 2 amide bonds. The van der Waals surface area contributed by atoms with Gasteiger partial charge in [0.05, 0.1) is 0 Å². The lowest BCUT2D eigenvalue weighted by atomic mass is 9.94. The van der Waals surface area contributed by atoms with Crippen molar-refractivity contribution < 1.29 is 9.59 Å². The first-order chi connectivity index (χ1) is 12.6. The lowest BCUT2D eigenvalue weighted by molar-refractivity contribution is -0.137. The summed E-state index contributed by atoms with van der Waals surface area (Å²) in [4.78, 5) is 48.2. The summed E-state index contributed by atoms with van der Waals surface area (Å²) < 4.78 is 0. The lowest BCUT2D eigenvalue weighted by Gasteiger charge is -2.35. The molecule has 3 aliphatic rings. The molecule has 0 bridgehead atoms. The second-order valence-electron chi connectivity index (χ2n) is 7.74. The average Bonchev–Trinajstić information content (AvgIpc) is 3.53. The predicted octanol–water partition coefficient (Wildman–Crippen LogP) is 1.51. The second-order valence-corrected chi connectivity index (χ2v) is 7.74. The third kappa shape index (κ3) is 3.52. The zero-order valence-corrected chi connectivity index (χ0v) is 15.1. The van der Waals surface area contributed by atoms with E-state index in [0.29, 0.717) is 37.7 Å². The molecule has 0 unspecified atom stereocenters. The van der Waals surface area contributed by atoms with E-state index < -0.39 is 0 Å². The van der Waals surface area contributed by atoms with Gasteiger partial charge in [0, 0.05) is 44.2 Å². The number of hydrogen-bond donors (Lipinski definition) is 1. The van der Waals surface area contributed by atoms with Crippen molar-refractivity contribution in [2.75, 3.05) is 26.2 Å². The highest BCUT2D eigenvalue weighted by Gasteiger charge is 2.32. The van der Waals surface area contributed by atoms with Crippen LogP contribution < -0.4 is 5.56 Å². The van der Waals surface area contributed by atoms with E-state index in [1.807, 2.05) is 4.90 Å². The highest BCUT2D eigenvalue weighted by molar-refractivity contribution is 5.93. The Kier molecular flexibility index (Phi) is 4.78. The van der Waals surface area contributed by atoms with E-state index in [0.717, 1.165) is 38.8 Å². The Bertz CT molecular complexity index is 741. The van der Waals surface area contributed by atoms with Gasteiger partial charge in [-0.2, -0.15) is 0 Å². The Morgan fingerprint density at radius 2 is 1.65 bits per heavy atom. The highest BCUT2D eigenvalue weighted by atomic mass is 16.2. The summed E-state index contributed by atoms with van der Waals surface area (Å²) >= 11 is 0. The van der Waals surface area contributed by atoms with Gasteiger partial charge in [-0.15, -0.1) is 0 Å². The summed E-state index contributed by atoms with van der Waals surface area (Å²) in [6.45, 7) is 2.78. The van der Waals surface area contributed by atoms with Crippen LogP contribution in [0, 0.1) is 5.92 Å². The minimum Gasteiger partial charge on any atom is -0.342 e. The normalized spacial score (nSPS) is 21.7. The Hall–Kier alpha value is -2.18. The Balaban J connectivity index is 1.36. The molecule has 1 N–H and O–H groups in total. The molecule has 1 aromatic rings. The van der Waals surface area contributed by atoms with Crippen LogP contribution in [0.2, 0.25) is 0 Å². The first-order valence-electron chi connectivity index (χ1n) is 9.81. The number of likely N-dealkylation sites (tertiary alicyclic amines) is 2. The van der Waals surface area contributed by atoms with Crippen LogP contribution in [0.4, 0.5) is 0 Å². The van der Waals surface area contributed by atoms with Gasteiger partial charge in [-0.3, -0.25) is 14.4 Å². The molecule has 7 nitrogen and oxygen atoms in total. The van der Waals surface area contributed by atoms with Crippen LogP contribution in [0.5, 0.6) is 0 Å². The first-order valence-corrected chi connectivity index (χ1v) is 9.81. The number of hydrogen-bond acceptors (Lipinski definition) is 4. The van der Waals surface area contributed by atoms with E-state index in [1.54, 1.807) is 4.90 Å². The van der Waals surface area contributed by atoms with E-state index in [1.165, 1.54) is 12.6 Å². The molecule has 26 heavy (non-hydrogen) atoms. The van der Waals surface area contributed by atoms with Crippen molar-refractivity contribution in [3.8, 4) is 0 Å². The third-order valence-electron chi connectivity index (χ3n) is 5.81. The van der Waals surface area contributed by atoms with Gasteiger partial charge in [0.15, 0.2) is 0 Å². The van der Waals surface area contributed by atoms with Crippen LogP contribution in [0.1, 0.15) is 67.0 Å². The van der Waals surface area contributed by atoms with Crippen molar-refractivity contribution in [3.63, 3.8) is 0 Å². The van der Waals surface area contributed by atoms with Crippen LogP contribution >= 0.6 is 0 Å². The first kappa shape index (κ1) is 17.2. The molecule has 2 saturated heterocycles. The fourth-order valence-corrected chi connectivity index (χ4v) is 4.00. The van der Waals surface area contributed by atoms with E-state index in [9.17, 15) is 14.4 Å². The number of nitrogens with one attached hydrogen (secondary N) is 1. The highest BCUT2D eigenvalue weighted by Crippen LogP contribution is 2.37. The van der Waals surface area contributed by atoms with Crippen LogP contribution in [0.25, 0.3) is 0 Å². The smallest absolute Gasteiger partial charge is 0.263 e. The maximum Gasteiger partial charge on any atom is 0.263 e. The van der Waals surface area contributed by atoms with Crippen molar-refractivity contribution in [2.24, 2.45) is 5.92 Å². The van der Waals surface area contributed by atoms with E-state index in [-0.39, 0.29) is 28.9 Å². The Morgan fingerprint density at radius 3 is 2.27 bits per heavy atom. The Morgan fingerprint density at radius 1 is 0.962 bits per heavy atom. The second kappa shape index (κ2) is 7.21. The summed E-state index contributed by atoms with van der Waals surface area (Å²) in [5.74, 6) is 1.02.